The second-order valence-electron chi connectivity index (χ2n) is 12.3. The maximum Gasteiger partial charge on any atom is 0.573 e. The van der Waals surface area contributed by atoms with Crippen molar-refractivity contribution < 1.29 is 44.6 Å². The topological polar surface area (TPSA) is 18.5 Å². The molecule has 1 unspecified atom stereocenters. The van der Waals surface area contributed by atoms with Crippen LogP contribution in [0.3, 0.4) is 0 Å². The van der Waals surface area contributed by atoms with Crippen molar-refractivity contribution in [3.63, 3.8) is 0 Å². The van der Waals surface area contributed by atoms with Gasteiger partial charge in [-0.2, -0.15) is 8.78 Å². The maximum atomic E-state index is 14.7. The molecule has 0 bridgehead atoms. The van der Waals surface area contributed by atoms with Crippen LogP contribution in [0.25, 0.3) is 0 Å². The summed E-state index contributed by atoms with van der Waals surface area (Å²) in [7, 11) is 0. The van der Waals surface area contributed by atoms with Crippen molar-refractivity contribution in [2.45, 2.75) is 89.5 Å². The molecule has 0 aliphatic heterocycles. The van der Waals surface area contributed by atoms with Crippen LogP contribution >= 0.6 is 0 Å². The summed E-state index contributed by atoms with van der Waals surface area (Å²) >= 11 is 0. The molecular weight excluding hydrogens is 604 g/mol. The fourth-order valence-corrected chi connectivity index (χ4v) is 6.63. The van der Waals surface area contributed by atoms with E-state index in [9.17, 15) is 35.1 Å². The molecule has 0 saturated heterocycles. The van der Waals surface area contributed by atoms with E-state index in [0.29, 0.717) is 11.8 Å². The van der Waals surface area contributed by atoms with Gasteiger partial charge in [0.2, 0.25) is 5.75 Å². The van der Waals surface area contributed by atoms with Crippen molar-refractivity contribution in [1.82, 2.24) is 0 Å². The molecule has 248 valence electrons. The quantitative estimate of drug-likeness (QED) is 0.128. The number of hydrogen-bond donors (Lipinski definition) is 0. The van der Waals surface area contributed by atoms with Crippen molar-refractivity contribution >= 4 is 0 Å². The van der Waals surface area contributed by atoms with E-state index < -0.39 is 47.0 Å². The molecule has 0 amide bonds. The number of allylic oxidation sites excluding steroid dienone is 8. The van der Waals surface area contributed by atoms with Gasteiger partial charge >= 0.3 is 12.5 Å². The molecule has 0 aromatic heterocycles. The van der Waals surface area contributed by atoms with Gasteiger partial charge in [0.05, 0.1) is 5.56 Å². The smallest absolute Gasteiger partial charge is 0.426 e. The molecule has 1 aromatic carbocycles. The largest absolute Gasteiger partial charge is 0.573 e. The standard InChI is InChI=1S/C35H40F8O2/c1-2-3-4-5-6-7-23-10-15-26(16-11-23)27-17-12-24(13-18-27)8-9-25-14-19-32(29(36)20-25)44-34(39,40)28-21-30(37)33(31(38)22-28)45-35(41,42)43/h2,6-9,19-27H,1,3-5,10-18H2/b7-6+,9-8+. The van der Waals surface area contributed by atoms with Crippen LogP contribution in [0, 0.1) is 41.2 Å². The normalized spacial score (nSPS) is 26.5. The third-order valence-electron chi connectivity index (χ3n) is 9.08. The molecule has 1 atom stereocenters. The Morgan fingerprint density at radius 2 is 1.33 bits per heavy atom. The van der Waals surface area contributed by atoms with E-state index in [1.807, 2.05) is 12.2 Å². The summed E-state index contributed by atoms with van der Waals surface area (Å²) in [6.45, 7) is 3.76. The Bertz CT molecular complexity index is 1240. The number of ether oxygens (including phenoxy) is 2. The molecule has 45 heavy (non-hydrogen) atoms. The monoisotopic (exact) mass is 644 g/mol. The van der Waals surface area contributed by atoms with Crippen molar-refractivity contribution in [2.75, 3.05) is 0 Å². The van der Waals surface area contributed by atoms with Crippen LogP contribution < -0.4 is 4.74 Å². The first-order valence-corrected chi connectivity index (χ1v) is 15.7. The zero-order valence-corrected chi connectivity index (χ0v) is 25.1. The highest BCUT2D eigenvalue weighted by Gasteiger charge is 2.40. The van der Waals surface area contributed by atoms with Gasteiger partial charge in [0.1, 0.15) is 0 Å². The lowest BCUT2D eigenvalue weighted by Crippen LogP contribution is -2.25. The second-order valence-corrected chi connectivity index (χ2v) is 12.3. The van der Waals surface area contributed by atoms with E-state index in [-0.39, 0.29) is 24.5 Å². The highest BCUT2D eigenvalue weighted by molar-refractivity contribution is 5.34. The second kappa shape index (κ2) is 15.5. The molecule has 0 spiro atoms. The summed E-state index contributed by atoms with van der Waals surface area (Å²) in [6.07, 6.45) is 16.0. The summed E-state index contributed by atoms with van der Waals surface area (Å²) in [6, 6.07) is -0.0997. The molecule has 4 rings (SSSR count). The first kappa shape index (κ1) is 34.8. The number of benzene rings is 1. The van der Waals surface area contributed by atoms with Crippen molar-refractivity contribution in [3.8, 4) is 5.75 Å². The number of halogens is 8. The van der Waals surface area contributed by atoms with Crippen LogP contribution in [0.1, 0.15) is 82.6 Å². The fraction of sp³-hybridized carbons (Fsp3) is 0.543. The van der Waals surface area contributed by atoms with E-state index in [0.717, 1.165) is 68.9 Å². The van der Waals surface area contributed by atoms with E-state index >= 15 is 0 Å². The van der Waals surface area contributed by atoms with Gasteiger partial charge in [-0.05, 0) is 125 Å². The molecule has 2 nitrogen and oxygen atoms in total. The Balaban J connectivity index is 1.23. The Hall–Kier alpha value is -3.04. The van der Waals surface area contributed by atoms with Gasteiger partial charge in [0.15, 0.2) is 23.2 Å². The Kier molecular flexibility index (Phi) is 12.0. The molecule has 0 heterocycles. The third kappa shape index (κ3) is 10.2. The first-order chi connectivity index (χ1) is 21.3. The van der Waals surface area contributed by atoms with Crippen LogP contribution in [0.5, 0.6) is 5.75 Å². The Labute approximate surface area is 259 Å². The molecule has 10 heteroatoms. The lowest BCUT2D eigenvalue weighted by Gasteiger charge is -2.37. The Morgan fingerprint density at radius 3 is 1.87 bits per heavy atom. The molecule has 1 aromatic rings. The molecular formula is C35H40F8O2. The molecule has 2 saturated carbocycles. The first-order valence-electron chi connectivity index (χ1n) is 15.7. The van der Waals surface area contributed by atoms with Crippen molar-refractivity contribution in [1.29, 1.82) is 0 Å². The van der Waals surface area contributed by atoms with E-state index in [1.54, 1.807) is 0 Å². The average Bonchev–Trinajstić information content (AvgIpc) is 2.99. The molecule has 0 N–H and O–H groups in total. The zero-order valence-electron chi connectivity index (χ0n) is 25.1. The maximum absolute atomic E-state index is 14.7. The van der Waals surface area contributed by atoms with Crippen LogP contribution in [0.4, 0.5) is 35.1 Å². The minimum Gasteiger partial charge on any atom is -0.426 e. The van der Waals surface area contributed by atoms with Gasteiger partial charge < -0.3 is 9.47 Å². The van der Waals surface area contributed by atoms with Crippen LogP contribution in [0.15, 0.2) is 72.8 Å². The Morgan fingerprint density at radius 1 is 0.756 bits per heavy atom. The van der Waals surface area contributed by atoms with Gasteiger partial charge in [0.25, 0.3) is 0 Å². The minimum atomic E-state index is -5.43. The predicted molar refractivity (Wildman–Crippen MR) is 157 cm³/mol. The van der Waals surface area contributed by atoms with Gasteiger partial charge in [-0.3, -0.25) is 0 Å². The summed E-state index contributed by atoms with van der Waals surface area (Å²) in [5, 5.41) is 0. The average molecular weight is 645 g/mol. The summed E-state index contributed by atoms with van der Waals surface area (Å²) in [4.78, 5) is 0. The summed E-state index contributed by atoms with van der Waals surface area (Å²) in [5.41, 5.74) is -1.43. The number of hydrogen-bond acceptors (Lipinski definition) is 2. The molecule has 0 radical (unpaired) electrons. The van der Waals surface area contributed by atoms with Crippen LogP contribution in [-0.2, 0) is 10.8 Å². The predicted octanol–water partition coefficient (Wildman–Crippen LogP) is 11.8. The zero-order chi connectivity index (χ0) is 32.6. The fourth-order valence-electron chi connectivity index (χ4n) is 6.63. The molecule has 2 fully saturated rings. The lowest BCUT2D eigenvalue weighted by molar-refractivity contribution is -0.276. The number of rotatable bonds is 12. The summed E-state index contributed by atoms with van der Waals surface area (Å²) in [5.74, 6) is -5.60. The minimum absolute atomic E-state index is 0.0499. The van der Waals surface area contributed by atoms with E-state index in [4.69, 9.17) is 0 Å². The molecule has 3 aliphatic rings. The van der Waals surface area contributed by atoms with Crippen molar-refractivity contribution in [3.05, 3.63) is 90.0 Å². The SMILES string of the molecule is C=CCCC/C=C/C1CCC(C2CCC(/C=C/C3C=C(F)C(OC(F)(F)c4cc(F)c(OC(F)(F)F)c(F)c4)=CC3)CC2)CC1. The number of unbranched alkanes of at least 4 members (excludes halogenated alkanes) is 2. The van der Waals surface area contributed by atoms with Gasteiger partial charge in [-0.1, -0.05) is 30.4 Å². The summed E-state index contributed by atoms with van der Waals surface area (Å²) < 4.78 is 117. The van der Waals surface area contributed by atoms with E-state index in [2.05, 4.69) is 34.3 Å². The molecule has 3 aliphatic carbocycles. The van der Waals surface area contributed by atoms with Gasteiger partial charge in [-0.15, -0.1) is 19.8 Å². The van der Waals surface area contributed by atoms with Gasteiger partial charge in [-0.25, -0.2) is 13.2 Å². The van der Waals surface area contributed by atoms with Crippen molar-refractivity contribution in [2.24, 2.45) is 29.6 Å². The highest BCUT2D eigenvalue weighted by atomic mass is 19.4. The number of alkyl halides is 5. The lowest BCUT2D eigenvalue weighted by atomic mass is 9.69. The third-order valence-corrected chi connectivity index (χ3v) is 9.08. The van der Waals surface area contributed by atoms with Crippen LogP contribution in [-0.4, -0.2) is 6.36 Å². The highest BCUT2D eigenvalue weighted by Crippen LogP contribution is 2.43. The van der Waals surface area contributed by atoms with Gasteiger partial charge in [0, 0.05) is 5.92 Å². The van der Waals surface area contributed by atoms with E-state index in [1.165, 1.54) is 25.7 Å². The van der Waals surface area contributed by atoms with Crippen LogP contribution in [0.2, 0.25) is 0 Å².